The van der Waals surface area contributed by atoms with Crippen molar-refractivity contribution in [3.05, 3.63) is 0 Å². The molecule has 0 aromatic rings. The third kappa shape index (κ3) is 12.7. The minimum absolute atomic E-state index is 0.489. The molecule has 26 atom stereocenters. The Labute approximate surface area is 382 Å². The monoisotopic (exact) mass is 982 g/mol. The second-order valence-electron chi connectivity index (χ2n) is 16.8. The molecule has 2 amide bonds. The van der Waals surface area contributed by atoms with E-state index in [4.69, 9.17) is 52.1 Å². The quantitative estimate of drug-likeness (QED) is 0.0571. The van der Waals surface area contributed by atoms with Crippen molar-refractivity contribution in [2.45, 2.75) is 180 Å². The first kappa shape index (κ1) is 55.9. The number of carbonyl (C=O) groups is 2. The number of aliphatic hydroxyl groups is 14. The van der Waals surface area contributed by atoms with Gasteiger partial charge in [-0.05, 0) is 0 Å². The van der Waals surface area contributed by atoms with Gasteiger partial charge in [0.25, 0.3) is 0 Å². The number of rotatable bonds is 19. The normalized spacial score (nSPS) is 46.1. The predicted octanol–water partition coefficient (Wildman–Crippen LogP) is -10.6. The molecule has 0 bridgehead atoms. The Morgan fingerprint density at radius 1 is 0.552 bits per heavy atom. The van der Waals surface area contributed by atoms with E-state index >= 15 is 0 Å². The Balaban J connectivity index is 1.46. The fourth-order valence-corrected chi connectivity index (χ4v) is 8.62. The third-order valence-corrected chi connectivity index (χ3v) is 12.1. The number of nitrogens with one attached hydrogen (secondary N) is 2. The zero-order valence-corrected chi connectivity index (χ0v) is 36.8. The Bertz CT molecular complexity index is 1530. The van der Waals surface area contributed by atoms with E-state index in [1.807, 2.05) is 0 Å². The van der Waals surface area contributed by atoms with Gasteiger partial charge >= 0.3 is 0 Å². The summed E-state index contributed by atoms with van der Waals surface area (Å²) in [6.45, 7) is -2.07. The zero-order chi connectivity index (χ0) is 49.6. The van der Waals surface area contributed by atoms with E-state index in [0.717, 1.165) is 21.0 Å². The van der Waals surface area contributed by atoms with E-state index in [9.17, 15) is 81.1 Å². The lowest BCUT2D eigenvalue weighted by Crippen LogP contribution is -2.70. The number of methoxy groups -OCH3 is 2. The van der Waals surface area contributed by atoms with Crippen LogP contribution in [-0.4, -0.2) is 290 Å². The summed E-state index contributed by atoms with van der Waals surface area (Å²) in [6.07, 6.45) is -42.0. The average Bonchev–Trinajstić information content (AvgIpc) is 3.29. The SMILES string of the molecule is COC1OC(CO)C(O)C(OC2OC(COC3OC(CO)C(OC)C(O)C3O)C(OC3OC(CO)C(O)C(OC4CC(O)C(NC(C)=O)C(C(O)[C@@H](O)CO)O4)C3O)C(O)C2NC(C)=O)C1O. The first-order valence-electron chi connectivity index (χ1n) is 21.4. The van der Waals surface area contributed by atoms with E-state index in [0.29, 0.717) is 0 Å². The molecule has 390 valence electrons. The van der Waals surface area contributed by atoms with Gasteiger partial charge < -0.3 is 134 Å². The molecule has 5 fully saturated rings. The van der Waals surface area contributed by atoms with Gasteiger partial charge in [-0.1, -0.05) is 0 Å². The van der Waals surface area contributed by atoms with Gasteiger partial charge in [0, 0.05) is 34.5 Å². The van der Waals surface area contributed by atoms with E-state index in [2.05, 4.69) is 10.6 Å². The molecular weight excluding hydrogens is 916 g/mol. The molecule has 29 heteroatoms. The first-order chi connectivity index (χ1) is 31.7. The molecule has 5 aliphatic heterocycles. The summed E-state index contributed by atoms with van der Waals surface area (Å²) in [6, 6.07) is -3.06. The van der Waals surface area contributed by atoms with Crippen LogP contribution < -0.4 is 10.6 Å². The summed E-state index contributed by atoms with van der Waals surface area (Å²) in [7, 11) is 2.35. The predicted molar refractivity (Wildman–Crippen MR) is 210 cm³/mol. The van der Waals surface area contributed by atoms with E-state index in [1.165, 1.54) is 7.11 Å². The van der Waals surface area contributed by atoms with Crippen LogP contribution in [0.15, 0.2) is 0 Å². The van der Waals surface area contributed by atoms with Gasteiger partial charge in [0.05, 0.1) is 45.2 Å². The molecule has 5 rings (SSSR count). The van der Waals surface area contributed by atoms with Crippen LogP contribution in [0.5, 0.6) is 0 Å². The second kappa shape index (κ2) is 24.9. The highest BCUT2D eigenvalue weighted by molar-refractivity contribution is 5.73. The number of hydrogen-bond donors (Lipinski definition) is 16. The standard InChI is InChI=1S/C38H66N2O27/c1-11(45)39-20-13(47)5-19(64-32(20)22(49)14(48)6-41)65-33-23(50)16(8-43)61-38(29(33)56)66-31-18(10-59-37-27(54)26(53)30(57-3)17(9-44)62-37)63-35(21(25(31)52)40-12(2)46)67-34-24(51)15(7-42)60-36(58-4)28(34)55/h13-38,41-44,47-56H,5-10H2,1-4H3,(H,39,45)(H,40,46)/t13?,14-,15?,16?,17?,18?,19?,20?,21?,22?,23?,24?,25?,26?,27?,28?,29?,30?,31?,32?,33?,34?,35?,36?,37?,38?/m0/s1. The zero-order valence-electron chi connectivity index (χ0n) is 36.8. The van der Waals surface area contributed by atoms with Gasteiger partial charge in [0.2, 0.25) is 11.8 Å². The molecular formula is C38H66N2O27. The molecule has 25 unspecified atom stereocenters. The Hall–Kier alpha value is -2.06. The molecule has 0 aromatic carbocycles. The highest BCUT2D eigenvalue weighted by atomic mass is 16.8. The molecule has 16 N–H and O–H groups in total. The molecule has 5 saturated heterocycles. The molecule has 5 heterocycles. The number of ether oxygens (including phenoxy) is 11. The lowest BCUT2D eigenvalue weighted by Gasteiger charge is -2.50. The Morgan fingerprint density at radius 2 is 1.07 bits per heavy atom. The van der Waals surface area contributed by atoms with E-state index < -0.39 is 211 Å². The maximum absolute atomic E-state index is 12.6. The van der Waals surface area contributed by atoms with Crippen LogP contribution in [0, 0.1) is 0 Å². The Morgan fingerprint density at radius 3 is 1.63 bits per heavy atom. The van der Waals surface area contributed by atoms with Crippen LogP contribution in [0.1, 0.15) is 20.3 Å². The van der Waals surface area contributed by atoms with Crippen molar-refractivity contribution in [2.24, 2.45) is 0 Å². The number of aliphatic hydroxyl groups excluding tert-OH is 14. The summed E-state index contributed by atoms with van der Waals surface area (Å²) in [5.74, 6) is -1.46. The number of amides is 2. The molecule has 0 aliphatic carbocycles. The van der Waals surface area contributed by atoms with Crippen molar-refractivity contribution in [3.8, 4) is 0 Å². The highest BCUT2D eigenvalue weighted by Crippen LogP contribution is 2.36. The van der Waals surface area contributed by atoms with E-state index in [-0.39, 0.29) is 0 Å². The van der Waals surface area contributed by atoms with Crippen LogP contribution in [0.3, 0.4) is 0 Å². The first-order valence-corrected chi connectivity index (χ1v) is 21.4. The van der Waals surface area contributed by atoms with Crippen molar-refractivity contribution >= 4 is 11.8 Å². The maximum Gasteiger partial charge on any atom is 0.217 e. The van der Waals surface area contributed by atoms with Crippen molar-refractivity contribution in [2.75, 3.05) is 47.3 Å². The van der Waals surface area contributed by atoms with Crippen molar-refractivity contribution in [3.63, 3.8) is 0 Å². The lowest BCUT2D eigenvalue weighted by atomic mass is 9.92. The second-order valence-corrected chi connectivity index (χ2v) is 16.8. The van der Waals surface area contributed by atoms with Gasteiger partial charge in [-0.25, -0.2) is 0 Å². The molecule has 5 aliphatic rings. The largest absolute Gasteiger partial charge is 0.394 e. The van der Waals surface area contributed by atoms with Gasteiger partial charge in [-0.3, -0.25) is 9.59 Å². The minimum atomic E-state index is -2.12. The van der Waals surface area contributed by atoms with Crippen LogP contribution in [-0.2, 0) is 61.7 Å². The summed E-state index contributed by atoms with van der Waals surface area (Å²) < 4.78 is 62.8. The molecule has 29 nitrogen and oxygen atoms in total. The number of carbonyl (C=O) groups excluding carboxylic acids is 2. The third-order valence-electron chi connectivity index (χ3n) is 12.1. The van der Waals surface area contributed by atoms with Crippen LogP contribution in [0.2, 0.25) is 0 Å². The fourth-order valence-electron chi connectivity index (χ4n) is 8.62. The van der Waals surface area contributed by atoms with Crippen LogP contribution in [0.4, 0.5) is 0 Å². The topological polar surface area (TPSA) is 443 Å². The molecule has 0 radical (unpaired) electrons. The molecule has 0 spiro atoms. The van der Waals surface area contributed by atoms with Crippen LogP contribution >= 0.6 is 0 Å². The van der Waals surface area contributed by atoms with Crippen molar-refractivity contribution < 1.29 is 133 Å². The maximum atomic E-state index is 12.6. The van der Waals surface area contributed by atoms with Gasteiger partial charge in [-0.15, -0.1) is 0 Å². The van der Waals surface area contributed by atoms with Crippen molar-refractivity contribution in [1.29, 1.82) is 0 Å². The van der Waals surface area contributed by atoms with Gasteiger partial charge in [0.15, 0.2) is 31.5 Å². The summed E-state index contributed by atoms with van der Waals surface area (Å²) in [4.78, 5) is 24.6. The van der Waals surface area contributed by atoms with Crippen molar-refractivity contribution in [1.82, 2.24) is 10.6 Å². The Kier molecular flexibility index (Phi) is 20.7. The molecule has 67 heavy (non-hydrogen) atoms. The minimum Gasteiger partial charge on any atom is -0.394 e. The van der Waals surface area contributed by atoms with Crippen LogP contribution in [0.25, 0.3) is 0 Å². The lowest BCUT2D eigenvalue weighted by molar-refractivity contribution is -0.380. The molecule has 0 saturated carbocycles. The van der Waals surface area contributed by atoms with Gasteiger partial charge in [0.1, 0.15) is 116 Å². The fraction of sp³-hybridized carbons (Fsp3) is 0.947. The molecule has 0 aromatic heterocycles. The summed E-state index contributed by atoms with van der Waals surface area (Å²) >= 11 is 0. The van der Waals surface area contributed by atoms with Gasteiger partial charge in [-0.2, -0.15) is 0 Å². The number of hydrogen-bond acceptors (Lipinski definition) is 27. The summed E-state index contributed by atoms with van der Waals surface area (Å²) in [5.41, 5.74) is 0. The summed E-state index contributed by atoms with van der Waals surface area (Å²) in [5, 5.41) is 155. The van der Waals surface area contributed by atoms with E-state index in [1.54, 1.807) is 0 Å². The average molecular weight is 983 g/mol. The highest BCUT2D eigenvalue weighted by Gasteiger charge is 2.56. The smallest absolute Gasteiger partial charge is 0.217 e.